The molecule has 0 saturated carbocycles. The summed E-state index contributed by atoms with van der Waals surface area (Å²) in [4.78, 5) is 17.0. The molecule has 0 aromatic carbocycles. The molecule has 0 atom stereocenters. The van der Waals surface area contributed by atoms with Gasteiger partial charge in [-0.15, -0.1) is 36.2 Å². The minimum absolute atomic E-state index is 0. The number of nitrogens with one attached hydrogen (secondary N) is 2. The minimum atomic E-state index is 0. The summed E-state index contributed by atoms with van der Waals surface area (Å²) in [6, 6.07) is 0.320. The zero-order chi connectivity index (χ0) is 12.1. The number of hydrogen-bond donors (Lipinski definition) is 2. The molecular weight excluding hydrogens is 305 g/mol. The maximum atomic E-state index is 12.0. The second kappa shape index (κ2) is 9.53. The summed E-state index contributed by atoms with van der Waals surface area (Å²) in [5.41, 5.74) is 0. The minimum Gasteiger partial charge on any atom is -0.348 e. The molecule has 7 heteroatoms. The van der Waals surface area contributed by atoms with Gasteiger partial charge in [0.15, 0.2) is 0 Å². The Labute approximate surface area is 130 Å². The second-order valence-corrected chi connectivity index (χ2v) is 5.48. The van der Waals surface area contributed by atoms with E-state index in [-0.39, 0.29) is 30.7 Å². The van der Waals surface area contributed by atoms with Crippen LogP contribution in [-0.2, 0) is 6.42 Å². The number of aryl methyl sites for hydroxylation is 1. The van der Waals surface area contributed by atoms with E-state index < -0.39 is 0 Å². The quantitative estimate of drug-likeness (QED) is 0.893. The molecule has 0 unspecified atom stereocenters. The standard InChI is InChI=1S/C12H19N3OS.2ClH/c1-2-3-11-14-8-10(17-11)12(16)15-9-4-6-13-7-5-9;;/h8-9,13H,2-7H2,1H3,(H,15,16);2*1H. The molecule has 2 rings (SSSR count). The van der Waals surface area contributed by atoms with Gasteiger partial charge < -0.3 is 10.6 Å². The van der Waals surface area contributed by atoms with Crippen molar-refractivity contribution in [1.82, 2.24) is 15.6 Å². The lowest BCUT2D eigenvalue weighted by molar-refractivity contribution is 0.0933. The summed E-state index contributed by atoms with van der Waals surface area (Å²) in [5.74, 6) is 0.0387. The Bertz CT molecular complexity index is 381. The number of carbonyl (C=O) groups excluding carboxylic acids is 1. The molecule has 110 valence electrons. The fourth-order valence-electron chi connectivity index (χ4n) is 1.97. The highest BCUT2D eigenvalue weighted by Gasteiger charge is 2.17. The Balaban J connectivity index is 0.00000162. The van der Waals surface area contributed by atoms with E-state index in [9.17, 15) is 4.79 Å². The van der Waals surface area contributed by atoms with Crippen molar-refractivity contribution in [3.05, 3.63) is 16.1 Å². The summed E-state index contributed by atoms with van der Waals surface area (Å²) >= 11 is 1.52. The molecule has 1 fully saturated rings. The van der Waals surface area contributed by atoms with E-state index >= 15 is 0 Å². The molecule has 1 saturated heterocycles. The van der Waals surface area contributed by atoms with Gasteiger partial charge in [-0.25, -0.2) is 4.98 Å². The topological polar surface area (TPSA) is 54.0 Å². The lowest BCUT2D eigenvalue weighted by Gasteiger charge is -2.23. The Morgan fingerprint density at radius 2 is 2.16 bits per heavy atom. The van der Waals surface area contributed by atoms with E-state index in [1.54, 1.807) is 6.20 Å². The summed E-state index contributed by atoms with van der Waals surface area (Å²) in [6.45, 7) is 4.11. The number of amides is 1. The maximum absolute atomic E-state index is 12.0. The van der Waals surface area contributed by atoms with Gasteiger partial charge in [0.25, 0.3) is 5.91 Å². The molecule has 4 nitrogen and oxygen atoms in total. The fourth-order valence-corrected chi connectivity index (χ4v) is 2.89. The van der Waals surface area contributed by atoms with Gasteiger partial charge in [-0.1, -0.05) is 6.92 Å². The molecule has 1 aromatic rings. The van der Waals surface area contributed by atoms with Crippen molar-refractivity contribution in [3.8, 4) is 0 Å². The first kappa shape index (κ1) is 18.6. The molecule has 1 aromatic heterocycles. The van der Waals surface area contributed by atoms with Gasteiger partial charge in [0.1, 0.15) is 4.88 Å². The monoisotopic (exact) mass is 325 g/mol. The molecule has 1 aliphatic heterocycles. The van der Waals surface area contributed by atoms with Crippen molar-refractivity contribution < 1.29 is 4.79 Å². The zero-order valence-corrected chi connectivity index (χ0v) is 13.4. The molecule has 0 spiro atoms. The molecular formula is C12H21Cl2N3OS. The predicted octanol–water partition coefficient (Wildman–Crippen LogP) is 2.42. The van der Waals surface area contributed by atoms with E-state index in [4.69, 9.17) is 0 Å². The van der Waals surface area contributed by atoms with Crippen LogP contribution in [0.25, 0.3) is 0 Å². The van der Waals surface area contributed by atoms with Crippen molar-refractivity contribution in [1.29, 1.82) is 0 Å². The van der Waals surface area contributed by atoms with Crippen LogP contribution in [-0.4, -0.2) is 30.0 Å². The molecule has 0 aliphatic carbocycles. The van der Waals surface area contributed by atoms with E-state index in [1.807, 2.05) is 0 Å². The highest BCUT2D eigenvalue weighted by Crippen LogP contribution is 2.15. The van der Waals surface area contributed by atoms with Crippen LogP contribution in [0, 0.1) is 0 Å². The summed E-state index contributed by atoms with van der Waals surface area (Å²) < 4.78 is 0. The van der Waals surface area contributed by atoms with E-state index in [1.165, 1.54) is 11.3 Å². The smallest absolute Gasteiger partial charge is 0.263 e. The molecule has 2 N–H and O–H groups in total. The maximum Gasteiger partial charge on any atom is 0.263 e. The van der Waals surface area contributed by atoms with Gasteiger partial charge >= 0.3 is 0 Å². The van der Waals surface area contributed by atoms with Crippen LogP contribution in [0.5, 0.6) is 0 Å². The van der Waals surface area contributed by atoms with Crippen LogP contribution in [0.4, 0.5) is 0 Å². The van der Waals surface area contributed by atoms with Crippen molar-refractivity contribution in [2.45, 2.75) is 38.6 Å². The van der Waals surface area contributed by atoms with E-state index in [0.29, 0.717) is 6.04 Å². The average Bonchev–Trinajstić information content (AvgIpc) is 2.79. The SMILES string of the molecule is CCCc1ncc(C(=O)NC2CCNCC2)s1.Cl.Cl. The van der Waals surface area contributed by atoms with Crippen LogP contribution >= 0.6 is 36.2 Å². The lowest BCUT2D eigenvalue weighted by atomic mass is 10.1. The van der Waals surface area contributed by atoms with Crippen LogP contribution in [0.2, 0.25) is 0 Å². The molecule has 0 radical (unpaired) electrons. The zero-order valence-electron chi connectivity index (χ0n) is 11.0. The van der Waals surface area contributed by atoms with Crippen LogP contribution in [0.15, 0.2) is 6.20 Å². The number of rotatable bonds is 4. The normalized spacial score (nSPS) is 15.2. The fraction of sp³-hybridized carbons (Fsp3) is 0.667. The number of nitrogens with zero attached hydrogens (tertiary/aromatic N) is 1. The van der Waals surface area contributed by atoms with Gasteiger partial charge in [-0.05, 0) is 38.8 Å². The third kappa shape index (κ3) is 5.65. The first-order chi connectivity index (χ1) is 8.29. The Kier molecular flexibility index (Phi) is 9.35. The number of carbonyl (C=O) groups is 1. The van der Waals surface area contributed by atoms with Crippen LogP contribution in [0.3, 0.4) is 0 Å². The molecule has 19 heavy (non-hydrogen) atoms. The summed E-state index contributed by atoms with van der Waals surface area (Å²) in [5, 5.41) is 7.43. The Hall–Kier alpha value is -0.360. The highest BCUT2D eigenvalue weighted by molar-refractivity contribution is 7.13. The van der Waals surface area contributed by atoms with Crippen molar-refractivity contribution in [2.24, 2.45) is 0 Å². The van der Waals surface area contributed by atoms with Crippen molar-refractivity contribution >= 4 is 42.1 Å². The van der Waals surface area contributed by atoms with Crippen molar-refractivity contribution in [2.75, 3.05) is 13.1 Å². The Morgan fingerprint density at radius 1 is 1.47 bits per heavy atom. The van der Waals surface area contributed by atoms with Gasteiger partial charge in [0, 0.05) is 6.04 Å². The summed E-state index contributed by atoms with van der Waals surface area (Å²) in [6.07, 6.45) is 5.78. The van der Waals surface area contributed by atoms with Crippen LogP contribution < -0.4 is 10.6 Å². The number of aromatic nitrogens is 1. The first-order valence-electron chi connectivity index (χ1n) is 6.26. The molecule has 2 heterocycles. The third-order valence-electron chi connectivity index (χ3n) is 2.92. The van der Waals surface area contributed by atoms with Crippen molar-refractivity contribution in [3.63, 3.8) is 0 Å². The van der Waals surface area contributed by atoms with Gasteiger partial charge in [0.2, 0.25) is 0 Å². The molecule has 0 bridgehead atoms. The van der Waals surface area contributed by atoms with Gasteiger partial charge in [-0.2, -0.15) is 0 Å². The second-order valence-electron chi connectivity index (χ2n) is 4.37. The highest BCUT2D eigenvalue weighted by atomic mass is 35.5. The van der Waals surface area contributed by atoms with E-state index in [0.717, 1.165) is 48.7 Å². The Morgan fingerprint density at radius 3 is 2.79 bits per heavy atom. The number of thiazole rings is 1. The van der Waals surface area contributed by atoms with E-state index in [2.05, 4.69) is 22.5 Å². The van der Waals surface area contributed by atoms with Crippen LogP contribution in [0.1, 0.15) is 40.9 Å². The van der Waals surface area contributed by atoms with Gasteiger partial charge in [0.05, 0.1) is 11.2 Å². The molecule has 1 amide bonds. The number of piperidine rings is 1. The summed E-state index contributed by atoms with van der Waals surface area (Å²) in [7, 11) is 0. The third-order valence-corrected chi connectivity index (χ3v) is 3.97. The number of hydrogen-bond acceptors (Lipinski definition) is 4. The average molecular weight is 326 g/mol. The number of halogens is 2. The van der Waals surface area contributed by atoms with Gasteiger partial charge in [-0.3, -0.25) is 4.79 Å². The molecule has 1 aliphatic rings. The lowest BCUT2D eigenvalue weighted by Crippen LogP contribution is -2.42. The first-order valence-corrected chi connectivity index (χ1v) is 7.07. The predicted molar refractivity (Wildman–Crippen MR) is 84.0 cm³/mol. The largest absolute Gasteiger partial charge is 0.348 e.